The quantitative estimate of drug-likeness (QED) is 0.844. The van der Waals surface area contributed by atoms with Gasteiger partial charge in [-0.25, -0.2) is 4.98 Å². The summed E-state index contributed by atoms with van der Waals surface area (Å²) < 4.78 is 0. The van der Waals surface area contributed by atoms with E-state index >= 15 is 0 Å². The van der Waals surface area contributed by atoms with Crippen molar-refractivity contribution in [2.24, 2.45) is 0 Å². The minimum atomic E-state index is -0.423. The van der Waals surface area contributed by atoms with Crippen molar-refractivity contribution in [3.63, 3.8) is 0 Å². The molecule has 2 aromatic rings. The first-order chi connectivity index (χ1) is 14.0. The molecule has 3 rings (SSSR count). The third-order valence-corrected chi connectivity index (χ3v) is 5.29. The Morgan fingerprint density at radius 1 is 1.31 bits per heavy atom. The summed E-state index contributed by atoms with van der Waals surface area (Å²) in [4.78, 5) is 33.4. The maximum atomic E-state index is 13.3. The number of unbranched alkanes of at least 4 members (excludes halogenated alkanes) is 1. The molecule has 2 amide bonds. The van der Waals surface area contributed by atoms with Gasteiger partial charge in [0, 0.05) is 37.5 Å². The lowest BCUT2D eigenvalue weighted by Crippen LogP contribution is -2.57. The fourth-order valence-electron chi connectivity index (χ4n) is 3.55. The van der Waals surface area contributed by atoms with E-state index in [4.69, 9.17) is 5.73 Å². The molecule has 2 heterocycles. The van der Waals surface area contributed by atoms with E-state index in [1.54, 1.807) is 47.3 Å². The molecular formula is C22H25N5O2. The van der Waals surface area contributed by atoms with Crippen molar-refractivity contribution >= 4 is 17.6 Å². The Morgan fingerprint density at radius 2 is 2.10 bits per heavy atom. The molecule has 150 valence electrons. The molecule has 1 aliphatic heterocycles. The molecule has 1 aromatic heterocycles. The maximum absolute atomic E-state index is 13.3. The van der Waals surface area contributed by atoms with E-state index in [9.17, 15) is 14.9 Å². The number of carbonyl (C=O) groups excluding carboxylic acids is 2. The van der Waals surface area contributed by atoms with Crippen LogP contribution in [0, 0.1) is 11.3 Å². The second kappa shape index (κ2) is 8.74. The van der Waals surface area contributed by atoms with Gasteiger partial charge in [-0.2, -0.15) is 5.26 Å². The zero-order valence-electron chi connectivity index (χ0n) is 16.8. The molecule has 1 aliphatic rings. The van der Waals surface area contributed by atoms with Crippen LogP contribution >= 0.6 is 0 Å². The smallest absolute Gasteiger partial charge is 0.254 e. The number of nitrogens with two attached hydrogens (primary N) is 1. The van der Waals surface area contributed by atoms with Crippen LogP contribution in [0.5, 0.6) is 0 Å². The van der Waals surface area contributed by atoms with Crippen LogP contribution in [0.25, 0.3) is 11.1 Å². The van der Waals surface area contributed by atoms with Crippen LogP contribution in [0.3, 0.4) is 0 Å². The van der Waals surface area contributed by atoms with Gasteiger partial charge in [0.05, 0.1) is 5.56 Å². The number of anilines is 1. The van der Waals surface area contributed by atoms with Gasteiger partial charge in [-0.1, -0.05) is 31.9 Å². The van der Waals surface area contributed by atoms with Crippen molar-refractivity contribution in [3.8, 4) is 17.2 Å². The third-order valence-electron chi connectivity index (χ3n) is 5.29. The van der Waals surface area contributed by atoms with Gasteiger partial charge < -0.3 is 15.5 Å². The fraction of sp³-hybridized carbons (Fsp3) is 0.364. The Labute approximate surface area is 170 Å². The topological polar surface area (TPSA) is 103 Å². The van der Waals surface area contributed by atoms with Crippen molar-refractivity contribution < 1.29 is 9.59 Å². The highest BCUT2D eigenvalue weighted by atomic mass is 16.2. The number of likely N-dealkylation sites (N-methyl/N-ethyl adjacent to an activating group) is 1. The molecule has 7 nitrogen and oxygen atoms in total. The molecule has 0 aliphatic carbocycles. The zero-order valence-corrected chi connectivity index (χ0v) is 16.8. The number of benzene rings is 1. The molecule has 1 saturated heterocycles. The number of pyridine rings is 1. The van der Waals surface area contributed by atoms with Gasteiger partial charge in [0.2, 0.25) is 5.91 Å². The Balaban J connectivity index is 1.90. The largest absolute Gasteiger partial charge is 0.383 e. The molecule has 29 heavy (non-hydrogen) atoms. The SMILES string of the molecule is CCCCC1C(=O)N(C)CCN1C(=O)c1cccc(-c2cnc(N)c(C#N)c2)c1. The van der Waals surface area contributed by atoms with Gasteiger partial charge >= 0.3 is 0 Å². The van der Waals surface area contributed by atoms with Gasteiger partial charge in [-0.05, 0) is 30.2 Å². The number of nitrogen functional groups attached to an aromatic ring is 1. The van der Waals surface area contributed by atoms with Crippen molar-refractivity contribution in [2.75, 3.05) is 25.9 Å². The van der Waals surface area contributed by atoms with Crippen molar-refractivity contribution in [3.05, 3.63) is 47.7 Å². The number of rotatable bonds is 5. The minimum absolute atomic E-state index is 0.00407. The van der Waals surface area contributed by atoms with E-state index in [1.165, 1.54) is 0 Å². The summed E-state index contributed by atoms with van der Waals surface area (Å²) in [7, 11) is 1.78. The molecule has 0 bridgehead atoms. The number of carbonyl (C=O) groups is 2. The summed E-state index contributed by atoms with van der Waals surface area (Å²) in [5.74, 6) is 0.0205. The van der Waals surface area contributed by atoms with Crippen LogP contribution in [0.15, 0.2) is 36.5 Å². The second-order valence-corrected chi connectivity index (χ2v) is 7.27. The number of nitriles is 1. The number of aromatic nitrogens is 1. The van der Waals surface area contributed by atoms with Crippen LogP contribution in [0.1, 0.15) is 42.1 Å². The second-order valence-electron chi connectivity index (χ2n) is 7.27. The molecule has 1 fully saturated rings. The molecule has 7 heteroatoms. The summed E-state index contributed by atoms with van der Waals surface area (Å²) in [6.45, 7) is 3.12. The first-order valence-corrected chi connectivity index (χ1v) is 9.78. The minimum Gasteiger partial charge on any atom is -0.383 e. The van der Waals surface area contributed by atoms with Gasteiger partial charge in [0.1, 0.15) is 17.9 Å². The van der Waals surface area contributed by atoms with Crippen LogP contribution < -0.4 is 5.73 Å². The molecular weight excluding hydrogens is 366 g/mol. The Bertz CT molecular complexity index is 966. The van der Waals surface area contributed by atoms with Crippen LogP contribution in [0.4, 0.5) is 5.82 Å². The molecule has 0 saturated carbocycles. The zero-order chi connectivity index (χ0) is 21.0. The lowest BCUT2D eigenvalue weighted by molar-refractivity contribution is -0.138. The highest BCUT2D eigenvalue weighted by molar-refractivity contribution is 5.99. The van der Waals surface area contributed by atoms with Crippen molar-refractivity contribution in [1.82, 2.24) is 14.8 Å². The van der Waals surface area contributed by atoms with E-state index in [-0.39, 0.29) is 17.6 Å². The normalized spacial score (nSPS) is 16.6. The summed E-state index contributed by atoms with van der Waals surface area (Å²) in [5, 5.41) is 9.18. The molecule has 2 N–H and O–H groups in total. The highest BCUT2D eigenvalue weighted by Crippen LogP contribution is 2.25. The molecule has 0 radical (unpaired) electrons. The number of hydrogen-bond donors (Lipinski definition) is 1. The lowest BCUT2D eigenvalue weighted by Gasteiger charge is -2.39. The Morgan fingerprint density at radius 3 is 2.83 bits per heavy atom. The number of piperazine rings is 1. The van der Waals surface area contributed by atoms with E-state index in [2.05, 4.69) is 11.9 Å². The summed E-state index contributed by atoms with van der Waals surface area (Å²) >= 11 is 0. The van der Waals surface area contributed by atoms with Crippen LogP contribution in [-0.2, 0) is 4.79 Å². The summed E-state index contributed by atoms with van der Waals surface area (Å²) in [6.07, 6.45) is 4.11. The third kappa shape index (κ3) is 4.21. The molecule has 1 aromatic carbocycles. The van der Waals surface area contributed by atoms with Crippen molar-refractivity contribution in [1.29, 1.82) is 5.26 Å². The first kappa shape index (κ1) is 20.3. The Kier molecular flexibility index (Phi) is 6.13. The van der Waals surface area contributed by atoms with Crippen LogP contribution in [0.2, 0.25) is 0 Å². The number of amides is 2. The molecule has 1 atom stereocenters. The number of nitrogens with zero attached hydrogens (tertiary/aromatic N) is 4. The average Bonchev–Trinajstić information content (AvgIpc) is 2.74. The van der Waals surface area contributed by atoms with E-state index in [1.807, 2.05) is 12.1 Å². The van der Waals surface area contributed by atoms with E-state index in [0.717, 1.165) is 18.4 Å². The van der Waals surface area contributed by atoms with Gasteiger partial charge in [0.15, 0.2) is 0 Å². The first-order valence-electron chi connectivity index (χ1n) is 9.78. The van der Waals surface area contributed by atoms with Gasteiger partial charge in [0.25, 0.3) is 5.91 Å². The summed E-state index contributed by atoms with van der Waals surface area (Å²) in [6, 6.07) is 10.4. The molecule has 1 unspecified atom stereocenters. The lowest BCUT2D eigenvalue weighted by atomic mass is 10.00. The maximum Gasteiger partial charge on any atom is 0.254 e. The van der Waals surface area contributed by atoms with Crippen LogP contribution in [-0.4, -0.2) is 52.8 Å². The number of hydrogen-bond acceptors (Lipinski definition) is 5. The van der Waals surface area contributed by atoms with Gasteiger partial charge in [-0.15, -0.1) is 0 Å². The monoisotopic (exact) mass is 391 g/mol. The summed E-state index contributed by atoms with van der Waals surface area (Å²) in [5.41, 5.74) is 7.99. The highest BCUT2D eigenvalue weighted by Gasteiger charge is 2.35. The predicted molar refractivity (Wildman–Crippen MR) is 111 cm³/mol. The predicted octanol–water partition coefficient (Wildman–Crippen LogP) is 2.68. The van der Waals surface area contributed by atoms with Gasteiger partial charge in [-0.3, -0.25) is 9.59 Å². The van der Waals surface area contributed by atoms with E-state index in [0.29, 0.717) is 36.2 Å². The average molecular weight is 391 g/mol. The molecule has 0 spiro atoms. The fourth-order valence-corrected chi connectivity index (χ4v) is 3.55. The van der Waals surface area contributed by atoms with Crippen molar-refractivity contribution in [2.45, 2.75) is 32.2 Å². The Hall–Kier alpha value is -3.40. The standard InChI is InChI=1S/C22H25N5O2/c1-3-4-8-19-22(29)26(2)9-10-27(19)21(28)16-7-5-6-15(11-16)18-12-17(13-23)20(24)25-14-18/h5-7,11-12,14,19H,3-4,8-10H2,1-2H3,(H2,24,25). The van der Waals surface area contributed by atoms with E-state index < -0.39 is 6.04 Å².